The highest BCUT2D eigenvalue weighted by Gasteiger charge is 2.30. The molecule has 0 unspecified atom stereocenters. The number of ketones is 4. The van der Waals surface area contributed by atoms with Crippen molar-refractivity contribution in [2.24, 2.45) is 23.7 Å². The molecule has 6 amide bonds. The molecule has 1 fully saturated rings. The molecule has 0 aliphatic carbocycles. The van der Waals surface area contributed by atoms with Crippen molar-refractivity contribution >= 4 is 74.5 Å². The lowest BCUT2D eigenvalue weighted by atomic mass is 9.88. The van der Waals surface area contributed by atoms with Gasteiger partial charge in [-0.1, -0.05) is 105 Å². The Morgan fingerprint density at radius 2 is 0.880 bits per heavy atom. The number of ether oxygens (including phenoxy) is 1. The molecule has 5 rings (SSSR count). The molecule has 17 heteroatoms. The summed E-state index contributed by atoms with van der Waals surface area (Å²) in [6.45, 7) is 13.5. The Morgan fingerprint density at radius 1 is 0.533 bits per heavy atom. The lowest BCUT2D eigenvalue weighted by Gasteiger charge is -2.22. The first-order chi connectivity index (χ1) is 35.7. The molecule has 4 atom stereocenters. The smallest absolute Gasteiger partial charge is 0.253 e. The van der Waals surface area contributed by atoms with Crippen LogP contribution in [0, 0.1) is 23.7 Å². The number of aliphatic hydroxyl groups is 1. The Morgan fingerprint density at radius 3 is 1.19 bits per heavy atom. The van der Waals surface area contributed by atoms with Crippen LogP contribution in [-0.4, -0.2) is 112 Å². The van der Waals surface area contributed by atoms with Crippen LogP contribution in [0.2, 0.25) is 0 Å². The maximum absolute atomic E-state index is 12.9. The zero-order valence-electron chi connectivity index (χ0n) is 44.7. The molecule has 3 heterocycles. The van der Waals surface area contributed by atoms with Gasteiger partial charge in [-0.3, -0.25) is 57.7 Å². The number of nitrogens with zero attached hydrogens (tertiary/aromatic N) is 2. The summed E-state index contributed by atoms with van der Waals surface area (Å²) < 4.78 is 4.94. The van der Waals surface area contributed by atoms with Crippen molar-refractivity contribution in [2.45, 2.75) is 155 Å². The van der Waals surface area contributed by atoms with Crippen molar-refractivity contribution in [3.63, 3.8) is 0 Å². The van der Waals surface area contributed by atoms with E-state index in [9.17, 15) is 47.9 Å². The summed E-state index contributed by atoms with van der Waals surface area (Å²) in [5.74, 6) is -3.12. The number of alkyl halides is 1. The van der Waals surface area contributed by atoms with Crippen molar-refractivity contribution in [2.75, 3.05) is 26.3 Å². The summed E-state index contributed by atoms with van der Waals surface area (Å²) in [5, 5.41) is 15.4. The summed E-state index contributed by atoms with van der Waals surface area (Å²) in [7, 11) is 0. The van der Waals surface area contributed by atoms with Gasteiger partial charge in [0.25, 0.3) is 23.6 Å². The van der Waals surface area contributed by atoms with Crippen LogP contribution in [0.25, 0.3) is 0 Å². The van der Waals surface area contributed by atoms with Gasteiger partial charge >= 0.3 is 0 Å². The Hall–Kier alpha value is -5.78. The lowest BCUT2D eigenvalue weighted by molar-refractivity contribution is -0.138. The molecular weight excluding hydrogens is 1020 g/mol. The van der Waals surface area contributed by atoms with E-state index < -0.39 is 23.9 Å². The number of aliphatic hydroxyl groups excluding tert-OH is 1. The first-order valence-corrected chi connectivity index (χ1v) is 27.5. The molecule has 0 saturated carbocycles. The molecule has 0 aromatic heterocycles. The number of benzene rings is 2. The van der Waals surface area contributed by atoms with Crippen LogP contribution in [-0.2, 0) is 77.5 Å². The number of unbranched alkanes of at least 4 members (excludes halogenated alkanes) is 4. The molecule has 410 valence electrons. The lowest BCUT2D eigenvalue weighted by Crippen LogP contribution is -2.44. The SMILES string of the molecule is C1CCOC1.CC(C)[C@H](CC(=O)CCCCCN1C(=O)C=CC1=O)C(=O)N[C@@H](C)C(=O)Cc1ccc(CBr)cc1.CC(C)[C@H](CC(=O)CCCCCN1C(=O)C=CC1=O)C(=O)N[C@@H](C)C(=O)Cc1ccc(CO)cc1. The summed E-state index contributed by atoms with van der Waals surface area (Å²) in [4.78, 5) is 124. The van der Waals surface area contributed by atoms with Crippen molar-refractivity contribution < 1.29 is 57.8 Å². The average molecular weight is 1100 g/mol. The molecule has 1 saturated heterocycles. The third-order valence-electron chi connectivity index (χ3n) is 13.3. The van der Waals surface area contributed by atoms with Gasteiger partial charge in [0.1, 0.15) is 11.6 Å². The van der Waals surface area contributed by atoms with Gasteiger partial charge in [-0.2, -0.15) is 0 Å². The summed E-state index contributed by atoms with van der Waals surface area (Å²) in [6.07, 6.45) is 12.9. The molecular formula is C58H79BrN4O12. The third-order valence-corrected chi connectivity index (χ3v) is 14.0. The average Bonchev–Trinajstić information content (AvgIpc) is 4.15. The minimum Gasteiger partial charge on any atom is -0.392 e. The van der Waals surface area contributed by atoms with Crippen molar-refractivity contribution in [3.05, 3.63) is 95.1 Å². The molecule has 16 nitrogen and oxygen atoms in total. The van der Waals surface area contributed by atoms with Gasteiger partial charge in [0, 0.05) is 106 Å². The van der Waals surface area contributed by atoms with E-state index in [0.29, 0.717) is 64.5 Å². The molecule has 3 N–H and O–H groups in total. The molecule has 2 aromatic rings. The number of carbonyl (C=O) groups excluding carboxylic acids is 10. The molecule has 2 aromatic carbocycles. The van der Waals surface area contributed by atoms with Gasteiger partial charge in [-0.05, 0) is 86.5 Å². The number of carbonyl (C=O) groups is 10. The Balaban J connectivity index is 0.000000360. The summed E-state index contributed by atoms with van der Waals surface area (Å²) in [6, 6.07) is 13.5. The number of hydrogen-bond acceptors (Lipinski definition) is 12. The normalized spacial score (nSPS) is 15.5. The van der Waals surface area contributed by atoms with E-state index >= 15 is 0 Å². The van der Waals surface area contributed by atoms with Crippen LogP contribution in [0.3, 0.4) is 0 Å². The van der Waals surface area contributed by atoms with Crippen molar-refractivity contribution in [1.82, 2.24) is 20.4 Å². The highest BCUT2D eigenvalue weighted by molar-refractivity contribution is 9.08. The predicted octanol–water partition coefficient (Wildman–Crippen LogP) is 7.22. The van der Waals surface area contributed by atoms with E-state index in [1.807, 2.05) is 52.0 Å². The predicted molar refractivity (Wildman–Crippen MR) is 289 cm³/mol. The Labute approximate surface area is 451 Å². The fourth-order valence-electron chi connectivity index (χ4n) is 8.33. The van der Waals surface area contributed by atoms with E-state index in [0.717, 1.165) is 40.8 Å². The van der Waals surface area contributed by atoms with Gasteiger partial charge in [0.2, 0.25) is 11.8 Å². The highest BCUT2D eigenvalue weighted by atomic mass is 79.9. The fourth-order valence-corrected chi connectivity index (χ4v) is 8.70. The monoisotopic (exact) mass is 1100 g/mol. The maximum Gasteiger partial charge on any atom is 0.253 e. The van der Waals surface area contributed by atoms with Crippen LogP contribution < -0.4 is 10.6 Å². The number of rotatable bonds is 30. The second kappa shape index (κ2) is 34.0. The number of hydrogen-bond donors (Lipinski definition) is 3. The van der Waals surface area contributed by atoms with E-state index in [1.165, 1.54) is 46.9 Å². The molecule has 75 heavy (non-hydrogen) atoms. The maximum atomic E-state index is 12.9. The molecule has 0 spiro atoms. The third kappa shape index (κ3) is 23.3. The van der Waals surface area contributed by atoms with Crippen LogP contribution >= 0.6 is 15.9 Å². The van der Waals surface area contributed by atoms with Gasteiger partial charge < -0.3 is 20.5 Å². The number of imide groups is 2. The number of nitrogens with one attached hydrogen (secondary N) is 2. The van der Waals surface area contributed by atoms with Gasteiger partial charge in [0.05, 0.1) is 18.7 Å². The molecule has 3 aliphatic rings. The van der Waals surface area contributed by atoms with Gasteiger partial charge in [-0.25, -0.2) is 0 Å². The minimum absolute atomic E-state index is 0.000275. The Bertz CT molecular complexity index is 2110. The van der Waals surface area contributed by atoms with Crippen LogP contribution in [0.5, 0.6) is 0 Å². The largest absolute Gasteiger partial charge is 0.392 e. The zero-order chi connectivity index (χ0) is 55.5. The molecule has 0 radical (unpaired) electrons. The number of Topliss-reactive ketones (excluding diaryl/α,β-unsaturated/α-hetero) is 4. The van der Waals surface area contributed by atoms with E-state index in [4.69, 9.17) is 9.84 Å². The van der Waals surface area contributed by atoms with E-state index in [-0.39, 0.29) is 103 Å². The van der Waals surface area contributed by atoms with Crippen LogP contribution in [0.4, 0.5) is 0 Å². The quantitative estimate of drug-likeness (QED) is 0.0400. The summed E-state index contributed by atoms with van der Waals surface area (Å²) in [5.41, 5.74) is 3.59. The highest BCUT2D eigenvalue weighted by Crippen LogP contribution is 2.21. The minimum atomic E-state index is -0.679. The van der Waals surface area contributed by atoms with Crippen LogP contribution in [0.15, 0.2) is 72.8 Å². The summed E-state index contributed by atoms with van der Waals surface area (Å²) >= 11 is 3.40. The van der Waals surface area contributed by atoms with Gasteiger partial charge in [-0.15, -0.1) is 0 Å². The van der Waals surface area contributed by atoms with Crippen molar-refractivity contribution in [1.29, 1.82) is 0 Å². The van der Waals surface area contributed by atoms with E-state index in [1.54, 1.807) is 38.1 Å². The number of amides is 6. The number of halogens is 1. The van der Waals surface area contributed by atoms with Crippen molar-refractivity contribution in [3.8, 4) is 0 Å². The van der Waals surface area contributed by atoms with E-state index in [2.05, 4.69) is 26.6 Å². The second-order valence-corrected chi connectivity index (χ2v) is 20.7. The Kier molecular flexibility index (Phi) is 28.8. The topological polar surface area (TPSA) is 231 Å². The first-order valence-electron chi connectivity index (χ1n) is 26.4. The van der Waals surface area contributed by atoms with Gasteiger partial charge in [0.15, 0.2) is 11.6 Å². The molecule has 0 bridgehead atoms. The zero-order valence-corrected chi connectivity index (χ0v) is 46.3. The second-order valence-electron chi connectivity index (χ2n) is 20.1. The standard InChI is InChI=1S/C27H35BrN2O5.C27H36N2O6.C4H8O/c1-18(2)23(16-22(31)7-5-4-6-14-30-25(33)12-13-26(30)34)27(35)29-19(3)24(32)15-20-8-10-21(17-28)11-9-20;1-18(2)23(16-22(31)7-5-4-6-14-29-25(33)12-13-26(29)34)27(35)28-19(3)24(32)15-20-8-10-21(17-30)11-9-20;1-2-4-5-3-1/h8-13,18-19,23H,4-7,14-17H2,1-3H3,(H,29,35);8-13,18-19,23,30H,4-7,14-17H2,1-3H3,(H,28,35);1-4H2/t2*19-,23-;/m00./s1. The fraction of sp³-hybridized carbons (Fsp3) is 0.552. The molecule has 3 aliphatic heterocycles. The van der Waals surface area contributed by atoms with Crippen LogP contribution in [0.1, 0.15) is 141 Å². The first kappa shape index (κ1) is 63.5.